The molecule has 0 saturated heterocycles. The van der Waals surface area contributed by atoms with Gasteiger partial charge in [0.25, 0.3) is 0 Å². The van der Waals surface area contributed by atoms with Crippen LogP contribution in [0.2, 0.25) is 5.02 Å². The summed E-state index contributed by atoms with van der Waals surface area (Å²) < 4.78 is 0. The molecule has 0 radical (unpaired) electrons. The van der Waals surface area contributed by atoms with Gasteiger partial charge >= 0.3 is 0 Å². The Morgan fingerprint density at radius 1 is 1.30 bits per heavy atom. The van der Waals surface area contributed by atoms with Crippen molar-refractivity contribution in [2.75, 3.05) is 19.0 Å². The molecule has 1 aromatic rings. The Morgan fingerprint density at radius 3 is 2.55 bits per heavy atom. The summed E-state index contributed by atoms with van der Waals surface area (Å²) in [6.07, 6.45) is 4.25. The van der Waals surface area contributed by atoms with Crippen LogP contribution in [0.1, 0.15) is 38.2 Å². The first-order chi connectivity index (χ1) is 9.47. The average Bonchev–Trinajstić information content (AvgIpc) is 2.96. The Hall–Kier alpha value is -1.06. The number of fused-ring (bicyclic) bond motifs is 2. The maximum Gasteiger partial charge on any atom is 0.239 e. The van der Waals surface area contributed by atoms with Crippen LogP contribution >= 0.6 is 11.6 Å². The molecule has 0 bridgehead atoms. The molecule has 2 aliphatic rings. The average molecular weight is 293 g/mol. The van der Waals surface area contributed by atoms with Gasteiger partial charge in [0.15, 0.2) is 0 Å². The minimum absolute atomic E-state index is 0.0414. The van der Waals surface area contributed by atoms with Crippen molar-refractivity contribution in [1.29, 1.82) is 0 Å². The van der Waals surface area contributed by atoms with Crippen molar-refractivity contribution in [3.8, 4) is 0 Å². The van der Waals surface area contributed by atoms with E-state index in [1.54, 1.807) is 0 Å². The summed E-state index contributed by atoms with van der Waals surface area (Å²) in [7, 11) is 4.00. The highest BCUT2D eigenvalue weighted by Crippen LogP contribution is 2.52. The number of benzene rings is 1. The van der Waals surface area contributed by atoms with Crippen molar-refractivity contribution in [3.63, 3.8) is 0 Å². The zero-order valence-corrected chi connectivity index (χ0v) is 13.1. The predicted octanol–water partition coefficient (Wildman–Crippen LogP) is 3.41. The molecule has 1 spiro atoms. The van der Waals surface area contributed by atoms with E-state index in [0.29, 0.717) is 5.02 Å². The van der Waals surface area contributed by atoms with Crippen LogP contribution in [-0.4, -0.2) is 31.1 Å². The Kier molecular flexibility index (Phi) is 3.30. The Balaban J connectivity index is 2.15. The number of carbonyl (C=O) groups is 1. The minimum atomic E-state index is -0.288. The third kappa shape index (κ3) is 1.80. The molecule has 1 atom stereocenters. The molecule has 0 N–H and O–H groups in total. The summed E-state index contributed by atoms with van der Waals surface area (Å²) in [6, 6.07) is 5.92. The predicted molar refractivity (Wildman–Crippen MR) is 82.2 cm³/mol. The number of hydrogen-bond acceptors (Lipinski definition) is 2. The molecule has 0 aromatic heterocycles. The van der Waals surface area contributed by atoms with E-state index in [4.69, 9.17) is 11.6 Å². The zero-order chi connectivity index (χ0) is 14.5. The van der Waals surface area contributed by atoms with Crippen LogP contribution in [-0.2, 0) is 10.2 Å². The molecule has 1 aliphatic heterocycles. The Labute approximate surface area is 125 Å². The van der Waals surface area contributed by atoms with Crippen molar-refractivity contribution in [2.45, 2.75) is 44.2 Å². The molecule has 4 heteroatoms. The highest BCUT2D eigenvalue weighted by Gasteiger charge is 2.53. The Bertz CT molecular complexity index is 549. The smallest absolute Gasteiger partial charge is 0.239 e. The van der Waals surface area contributed by atoms with Crippen LogP contribution in [0, 0.1) is 0 Å². The van der Waals surface area contributed by atoms with Gasteiger partial charge in [0.05, 0.1) is 17.3 Å². The summed E-state index contributed by atoms with van der Waals surface area (Å²) in [5.41, 5.74) is 1.90. The molecule has 1 unspecified atom stereocenters. The number of amides is 1. The molecule has 20 heavy (non-hydrogen) atoms. The van der Waals surface area contributed by atoms with E-state index in [0.717, 1.165) is 31.4 Å². The van der Waals surface area contributed by atoms with Gasteiger partial charge in [0.1, 0.15) is 0 Å². The topological polar surface area (TPSA) is 23.6 Å². The number of hydrogen-bond donors (Lipinski definition) is 0. The van der Waals surface area contributed by atoms with Crippen LogP contribution < -0.4 is 4.90 Å². The summed E-state index contributed by atoms with van der Waals surface area (Å²) in [5, 5.41) is 0.697. The molecular formula is C16H21ClN2O. The molecule has 1 amide bonds. The second-order valence-corrected chi connectivity index (χ2v) is 6.66. The van der Waals surface area contributed by atoms with Crippen LogP contribution in [0.5, 0.6) is 0 Å². The van der Waals surface area contributed by atoms with E-state index >= 15 is 0 Å². The van der Waals surface area contributed by atoms with E-state index in [1.807, 2.05) is 31.1 Å². The molecule has 1 fully saturated rings. The summed E-state index contributed by atoms with van der Waals surface area (Å²) in [6.45, 7) is 2.07. The van der Waals surface area contributed by atoms with Gasteiger partial charge in [0.2, 0.25) is 5.91 Å². The van der Waals surface area contributed by atoms with Gasteiger partial charge in [-0.15, -0.1) is 0 Å². The second kappa shape index (κ2) is 4.74. The standard InChI is InChI=1S/C16H21ClN2O/c1-11(18(2)3)19-14-10-12(17)6-7-13(14)16(15(19)20)8-4-5-9-16/h6-7,10-11H,4-5,8-9H2,1-3H3. The van der Waals surface area contributed by atoms with Crippen LogP contribution in [0.15, 0.2) is 18.2 Å². The van der Waals surface area contributed by atoms with Gasteiger partial charge in [-0.2, -0.15) is 0 Å². The number of halogens is 1. The summed E-state index contributed by atoms with van der Waals surface area (Å²) in [4.78, 5) is 17.1. The SMILES string of the molecule is CC(N(C)C)N1C(=O)C2(CCCC2)c2ccc(Cl)cc21. The summed E-state index contributed by atoms with van der Waals surface area (Å²) in [5.74, 6) is 0.258. The molecule has 3 nitrogen and oxygen atoms in total. The highest BCUT2D eigenvalue weighted by atomic mass is 35.5. The maximum atomic E-state index is 13.1. The van der Waals surface area contributed by atoms with Gasteiger partial charge in [-0.1, -0.05) is 30.5 Å². The lowest BCUT2D eigenvalue weighted by Gasteiger charge is -2.32. The quantitative estimate of drug-likeness (QED) is 0.834. The maximum absolute atomic E-state index is 13.1. The molecule has 3 rings (SSSR count). The van der Waals surface area contributed by atoms with Crippen molar-refractivity contribution < 1.29 is 4.79 Å². The van der Waals surface area contributed by atoms with Crippen LogP contribution in [0.25, 0.3) is 0 Å². The monoisotopic (exact) mass is 292 g/mol. The van der Waals surface area contributed by atoms with E-state index in [2.05, 4.69) is 17.9 Å². The molecule has 1 heterocycles. The molecule has 1 aromatic carbocycles. The second-order valence-electron chi connectivity index (χ2n) is 6.22. The zero-order valence-electron chi connectivity index (χ0n) is 12.3. The van der Waals surface area contributed by atoms with Gasteiger partial charge in [-0.3, -0.25) is 14.6 Å². The molecule has 1 aliphatic carbocycles. The molecular weight excluding hydrogens is 272 g/mol. The molecule has 108 valence electrons. The van der Waals surface area contributed by atoms with Gasteiger partial charge in [-0.25, -0.2) is 0 Å². The first kappa shape index (κ1) is 13.9. The number of rotatable bonds is 2. The fourth-order valence-corrected chi connectivity index (χ4v) is 3.79. The van der Waals surface area contributed by atoms with Gasteiger partial charge < -0.3 is 0 Å². The van der Waals surface area contributed by atoms with Crippen molar-refractivity contribution in [2.24, 2.45) is 0 Å². The molecule has 1 saturated carbocycles. The lowest BCUT2D eigenvalue weighted by atomic mass is 9.80. The Morgan fingerprint density at radius 2 is 1.95 bits per heavy atom. The van der Waals surface area contributed by atoms with Crippen LogP contribution in [0.3, 0.4) is 0 Å². The van der Waals surface area contributed by atoms with Gasteiger partial charge in [0, 0.05) is 5.02 Å². The summed E-state index contributed by atoms with van der Waals surface area (Å²) >= 11 is 6.16. The fraction of sp³-hybridized carbons (Fsp3) is 0.562. The fourth-order valence-electron chi connectivity index (χ4n) is 3.63. The van der Waals surface area contributed by atoms with E-state index < -0.39 is 0 Å². The van der Waals surface area contributed by atoms with E-state index in [9.17, 15) is 4.79 Å². The minimum Gasteiger partial charge on any atom is -0.295 e. The van der Waals surface area contributed by atoms with Gasteiger partial charge in [-0.05, 0) is 51.6 Å². The number of nitrogens with zero attached hydrogens (tertiary/aromatic N) is 2. The number of anilines is 1. The number of carbonyl (C=O) groups excluding carboxylic acids is 1. The lowest BCUT2D eigenvalue weighted by molar-refractivity contribution is -0.124. The van der Waals surface area contributed by atoms with Crippen molar-refractivity contribution in [3.05, 3.63) is 28.8 Å². The lowest BCUT2D eigenvalue weighted by Crippen LogP contribution is -2.48. The van der Waals surface area contributed by atoms with E-state index in [1.165, 1.54) is 5.56 Å². The van der Waals surface area contributed by atoms with Crippen LogP contribution in [0.4, 0.5) is 5.69 Å². The highest BCUT2D eigenvalue weighted by molar-refractivity contribution is 6.31. The normalized spacial score (nSPS) is 21.9. The third-order valence-electron chi connectivity index (χ3n) is 4.94. The van der Waals surface area contributed by atoms with Crippen molar-refractivity contribution in [1.82, 2.24) is 4.90 Å². The first-order valence-electron chi connectivity index (χ1n) is 7.27. The first-order valence-corrected chi connectivity index (χ1v) is 7.65. The largest absolute Gasteiger partial charge is 0.295 e. The van der Waals surface area contributed by atoms with E-state index in [-0.39, 0.29) is 17.5 Å². The third-order valence-corrected chi connectivity index (χ3v) is 5.18. The van der Waals surface area contributed by atoms with Crippen molar-refractivity contribution >= 4 is 23.2 Å².